The van der Waals surface area contributed by atoms with Crippen LogP contribution in [0.4, 0.5) is 0 Å². The lowest BCUT2D eigenvalue weighted by molar-refractivity contribution is -0.137. The minimum Gasteiger partial charge on any atom is -0.481 e. The van der Waals surface area contributed by atoms with Gasteiger partial charge in [-0.05, 0) is 44.9 Å². The molecule has 0 amide bonds. The average molecular weight is 325 g/mol. The maximum atomic E-state index is 10.4. The van der Waals surface area contributed by atoms with Gasteiger partial charge in [0.05, 0.1) is 12.2 Å². The van der Waals surface area contributed by atoms with Gasteiger partial charge in [0, 0.05) is 6.42 Å². The van der Waals surface area contributed by atoms with E-state index in [9.17, 15) is 4.79 Å². The van der Waals surface area contributed by atoms with E-state index < -0.39 is 5.97 Å². The number of aliphatic carboxylic acids is 1. The van der Waals surface area contributed by atoms with Crippen molar-refractivity contribution in [2.24, 2.45) is 0 Å². The van der Waals surface area contributed by atoms with Crippen molar-refractivity contribution in [2.45, 2.75) is 109 Å². The van der Waals surface area contributed by atoms with Crippen LogP contribution in [0.15, 0.2) is 12.2 Å². The number of hydrogen-bond donors (Lipinski definition) is 1. The van der Waals surface area contributed by atoms with Crippen LogP contribution in [0.5, 0.6) is 0 Å². The van der Waals surface area contributed by atoms with Crippen LogP contribution in [0.25, 0.3) is 0 Å². The van der Waals surface area contributed by atoms with E-state index in [4.69, 9.17) is 9.84 Å². The fraction of sp³-hybridized carbons (Fsp3) is 0.850. The molecule has 0 unspecified atom stereocenters. The van der Waals surface area contributed by atoms with Crippen LogP contribution in [0, 0.1) is 0 Å². The predicted molar refractivity (Wildman–Crippen MR) is 95.7 cm³/mol. The van der Waals surface area contributed by atoms with Crippen molar-refractivity contribution >= 4 is 5.97 Å². The van der Waals surface area contributed by atoms with Crippen molar-refractivity contribution in [2.75, 3.05) is 0 Å². The van der Waals surface area contributed by atoms with Gasteiger partial charge in [0.2, 0.25) is 0 Å². The molecule has 23 heavy (non-hydrogen) atoms. The number of carboxylic acids is 1. The molecule has 1 aliphatic rings. The van der Waals surface area contributed by atoms with Crippen LogP contribution in [0.3, 0.4) is 0 Å². The van der Waals surface area contributed by atoms with Gasteiger partial charge in [0.25, 0.3) is 0 Å². The van der Waals surface area contributed by atoms with E-state index in [2.05, 4.69) is 19.1 Å². The number of unbranched alkanes of at least 4 members (excludes halogenated alkanes) is 9. The fourth-order valence-corrected chi connectivity index (χ4v) is 3.06. The summed E-state index contributed by atoms with van der Waals surface area (Å²) in [5.41, 5.74) is 0. The lowest BCUT2D eigenvalue weighted by Crippen LogP contribution is -1.93. The second-order valence-corrected chi connectivity index (χ2v) is 6.78. The summed E-state index contributed by atoms with van der Waals surface area (Å²) >= 11 is 0. The van der Waals surface area contributed by atoms with E-state index in [1.165, 1.54) is 70.6 Å². The van der Waals surface area contributed by atoms with Gasteiger partial charge in [0.1, 0.15) is 0 Å². The van der Waals surface area contributed by atoms with Crippen LogP contribution in [-0.4, -0.2) is 23.3 Å². The molecule has 1 heterocycles. The molecule has 2 atom stereocenters. The SMILES string of the molecule is CC[C@H]1O[C@H]1CCCC/C=C\CCCCCCCCCC(=O)O. The Hall–Kier alpha value is -0.830. The van der Waals surface area contributed by atoms with E-state index in [0.717, 1.165) is 12.8 Å². The first-order valence-electron chi connectivity index (χ1n) is 9.76. The van der Waals surface area contributed by atoms with Gasteiger partial charge < -0.3 is 9.84 Å². The lowest BCUT2D eigenvalue weighted by atomic mass is 10.1. The maximum absolute atomic E-state index is 10.4. The summed E-state index contributed by atoms with van der Waals surface area (Å²) < 4.78 is 5.55. The Balaban J connectivity index is 1.71. The van der Waals surface area contributed by atoms with E-state index in [1.54, 1.807) is 0 Å². The smallest absolute Gasteiger partial charge is 0.303 e. The number of carboxylic acid groups (broad SMARTS) is 1. The second kappa shape index (κ2) is 13.6. The number of hydrogen-bond acceptors (Lipinski definition) is 2. The monoisotopic (exact) mass is 324 g/mol. The highest BCUT2D eigenvalue weighted by atomic mass is 16.6. The number of allylic oxidation sites excluding steroid dienone is 2. The van der Waals surface area contributed by atoms with Crippen LogP contribution in [0.2, 0.25) is 0 Å². The van der Waals surface area contributed by atoms with Crippen LogP contribution in [-0.2, 0) is 9.53 Å². The molecule has 0 spiro atoms. The topological polar surface area (TPSA) is 49.8 Å². The van der Waals surface area contributed by atoms with E-state index in [1.807, 2.05) is 0 Å². The Morgan fingerprint density at radius 1 is 0.870 bits per heavy atom. The number of ether oxygens (including phenoxy) is 1. The van der Waals surface area contributed by atoms with Crippen molar-refractivity contribution in [3.63, 3.8) is 0 Å². The molecular formula is C20H36O3. The molecule has 3 heteroatoms. The molecule has 0 aromatic heterocycles. The van der Waals surface area contributed by atoms with Gasteiger partial charge in [-0.2, -0.15) is 0 Å². The van der Waals surface area contributed by atoms with Gasteiger partial charge in [-0.3, -0.25) is 4.79 Å². The van der Waals surface area contributed by atoms with E-state index in [-0.39, 0.29) is 0 Å². The van der Waals surface area contributed by atoms with Gasteiger partial charge in [0.15, 0.2) is 0 Å². The Kier molecular flexibility index (Phi) is 11.9. The van der Waals surface area contributed by atoms with Crippen LogP contribution in [0.1, 0.15) is 96.8 Å². The van der Waals surface area contributed by atoms with Gasteiger partial charge in [-0.1, -0.05) is 57.6 Å². The molecule has 0 bridgehead atoms. The Labute approximate surface area is 142 Å². The summed E-state index contributed by atoms with van der Waals surface area (Å²) in [4.78, 5) is 10.4. The van der Waals surface area contributed by atoms with Crippen molar-refractivity contribution in [3.05, 3.63) is 12.2 Å². The highest BCUT2D eigenvalue weighted by Gasteiger charge is 2.35. The van der Waals surface area contributed by atoms with Crippen LogP contribution < -0.4 is 0 Å². The van der Waals surface area contributed by atoms with Crippen molar-refractivity contribution in [3.8, 4) is 0 Å². The summed E-state index contributed by atoms with van der Waals surface area (Å²) in [6.07, 6.45) is 21.8. The first-order chi connectivity index (χ1) is 11.2. The minimum absolute atomic E-state index is 0.331. The molecule has 0 saturated carbocycles. The molecule has 1 aliphatic heterocycles. The first kappa shape index (κ1) is 20.2. The molecule has 0 aliphatic carbocycles. The fourth-order valence-electron chi connectivity index (χ4n) is 3.06. The third kappa shape index (κ3) is 12.3. The molecule has 0 radical (unpaired) electrons. The van der Waals surface area contributed by atoms with E-state index >= 15 is 0 Å². The summed E-state index contributed by atoms with van der Waals surface area (Å²) in [5.74, 6) is -0.664. The summed E-state index contributed by atoms with van der Waals surface area (Å²) in [6, 6.07) is 0. The molecular weight excluding hydrogens is 288 g/mol. The first-order valence-corrected chi connectivity index (χ1v) is 9.76. The molecule has 0 aromatic rings. The molecule has 1 fully saturated rings. The van der Waals surface area contributed by atoms with Crippen molar-refractivity contribution < 1.29 is 14.6 Å². The molecule has 1 saturated heterocycles. The van der Waals surface area contributed by atoms with Crippen LogP contribution >= 0.6 is 0 Å². The average Bonchev–Trinajstić information content (AvgIpc) is 3.29. The van der Waals surface area contributed by atoms with Gasteiger partial charge >= 0.3 is 5.97 Å². The third-order valence-corrected chi connectivity index (χ3v) is 4.63. The number of rotatable bonds is 16. The Morgan fingerprint density at radius 2 is 1.43 bits per heavy atom. The molecule has 1 rings (SSSR count). The molecule has 0 aromatic carbocycles. The maximum Gasteiger partial charge on any atom is 0.303 e. The number of carbonyl (C=O) groups is 1. The van der Waals surface area contributed by atoms with Gasteiger partial charge in [-0.25, -0.2) is 0 Å². The lowest BCUT2D eigenvalue weighted by Gasteiger charge is -2.00. The zero-order chi connectivity index (χ0) is 16.8. The Bertz CT molecular complexity index is 325. The largest absolute Gasteiger partial charge is 0.481 e. The molecule has 1 N–H and O–H groups in total. The quantitative estimate of drug-likeness (QED) is 0.219. The summed E-state index contributed by atoms with van der Waals surface area (Å²) in [6.45, 7) is 2.20. The van der Waals surface area contributed by atoms with Crippen molar-refractivity contribution in [1.82, 2.24) is 0 Å². The summed E-state index contributed by atoms with van der Waals surface area (Å²) in [5, 5.41) is 8.54. The Morgan fingerprint density at radius 3 is 2.00 bits per heavy atom. The zero-order valence-electron chi connectivity index (χ0n) is 15.0. The normalized spacial score (nSPS) is 20.2. The highest BCUT2D eigenvalue weighted by molar-refractivity contribution is 5.66. The molecule has 3 nitrogen and oxygen atoms in total. The predicted octanol–water partition coefficient (Wildman–Crippen LogP) is 5.88. The van der Waals surface area contributed by atoms with Gasteiger partial charge in [-0.15, -0.1) is 0 Å². The summed E-state index contributed by atoms with van der Waals surface area (Å²) in [7, 11) is 0. The standard InChI is InChI=1S/C20H36O3/c1-2-18-19(23-18)16-14-12-10-8-6-4-3-5-7-9-11-13-15-17-20(21)22/h6,8,18-19H,2-5,7,9-17H2,1H3,(H,21,22)/b8-6-/t18-,19+/m1/s1. The van der Waals surface area contributed by atoms with Crippen molar-refractivity contribution in [1.29, 1.82) is 0 Å². The minimum atomic E-state index is -0.664. The van der Waals surface area contributed by atoms with E-state index in [0.29, 0.717) is 18.6 Å². The third-order valence-electron chi connectivity index (χ3n) is 4.63. The second-order valence-electron chi connectivity index (χ2n) is 6.78. The zero-order valence-corrected chi connectivity index (χ0v) is 15.0. The highest BCUT2D eigenvalue weighted by Crippen LogP contribution is 2.29. The number of epoxide rings is 1. The molecule has 134 valence electrons.